The average Bonchev–Trinajstić information content (AvgIpc) is 1.97. The summed E-state index contributed by atoms with van der Waals surface area (Å²) in [4.78, 5) is 0. The van der Waals surface area contributed by atoms with E-state index in [1.165, 1.54) is 32.2 Å². The molecule has 1 rings (SSSR count). The van der Waals surface area contributed by atoms with Gasteiger partial charge in [0.2, 0.25) is 0 Å². The number of hydrogen-bond acceptors (Lipinski definition) is 1. The molecule has 1 N–H and O–H groups in total. The Morgan fingerprint density at radius 2 is 2.00 bits per heavy atom. The normalized spacial score (nSPS) is 33.2. The molecule has 1 aliphatic carbocycles. The average molecular weight is 183 g/mol. The van der Waals surface area contributed by atoms with E-state index >= 15 is 0 Å². The summed E-state index contributed by atoms with van der Waals surface area (Å²) in [5, 5.41) is 3.66. The Morgan fingerprint density at radius 3 is 2.54 bits per heavy atom. The van der Waals surface area contributed by atoms with Crippen molar-refractivity contribution in [3.05, 3.63) is 0 Å². The molecule has 1 saturated carbocycles. The maximum Gasteiger partial charge on any atom is 0.00746 e. The van der Waals surface area contributed by atoms with Crippen LogP contribution in [-0.4, -0.2) is 12.6 Å². The number of rotatable bonds is 3. The second kappa shape index (κ2) is 4.45. The third kappa shape index (κ3) is 3.68. The van der Waals surface area contributed by atoms with E-state index in [9.17, 15) is 0 Å². The Morgan fingerprint density at radius 1 is 1.31 bits per heavy atom. The molecule has 0 amide bonds. The van der Waals surface area contributed by atoms with Crippen molar-refractivity contribution in [3.63, 3.8) is 0 Å². The van der Waals surface area contributed by atoms with Crippen LogP contribution in [0.3, 0.4) is 0 Å². The lowest BCUT2D eigenvalue weighted by Gasteiger charge is -2.39. The fourth-order valence-corrected chi connectivity index (χ4v) is 2.85. The van der Waals surface area contributed by atoms with Crippen LogP contribution in [0.1, 0.15) is 53.4 Å². The van der Waals surface area contributed by atoms with E-state index in [-0.39, 0.29) is 0 Å². The third-order valence-electron chi connectivity index (χ3n) is 3.07. The summed E-state index contributed by atoms with van der Waals surface area (Å²) >= 11 is 0. The lowest BCUT2D eigenvalue weighted by Crippen LogP contribution is -2.40. The van der Waals surface area contributed by atoms with Crippen LogP contribution in [0.4, 0.5) is 0 Å². The molecule has 1 heteroatoms. The molecule has 0 spiro atoms. The molecule has 13 heavy (non-hydrogen) atoms. The van der Waals surface area contributed by atoms with Crippen LogP contribution < -0.4 is 5.32 Å². The zero-order valence-corrected chi connectivity index (χ0v) is 9.69. The topological polar surface area (TPSA) is 12.0 Å². The van der Waals surface area contributed by atoms with Gasteiger partial charge in [-0.25, -0.2) is 0 Å². The van der Waals surface area contributed by atoms with Gasteiger partial charge < -0.3 is 5.32 Å². The van der Waals surface area contributed by atoms with Gasteiger partial charge in [-0.05, 0) is 43.6 Å². The summed E-state index contributed by atoms with van der Waals surface area (Å²) in [7, 11) is 0. The Hall–Kier alpha value is -0.0400. The van der Waals surface area contributed by atoms with Gasteiger partial charge in [0.1, 0.15) is 0 Å². The first-order chi connectivity index (χ1) is 6.03. The molecule has 0 bridgehead atoms. The minimum absolute atomic E-state index is 0.559. The first-order valence-electron chi connectivity index (χ1n) is 5.77. The Bertz CT molecular complexity index is 151. The van der Waals surface area contributed by atoms with Gasteiger partial charge in [0.05, 0.1) is 0 Å². The minimum Gasteiger partial charge on any atom is -0.314 e. The Balaban J connectivity index is 2.38. The van der Waals surface area contributed by atoms with Crippen molar-refractivity contribution in [2.75, 3.05) is 6.54 Å². The molecule has 78 valence electrons. The SMILES string of the molecule is CCCNC1C[C@H](C)CC(C)(C)C1. The van der Waals surface area contributed by atoms with Crippen molar-refractivity contribution < 1.29 is 0 Å². The summed E-state index contributed by atoms with van der Waals surface area (Å²) in [5.74, 6) is 0.901. The molecule has 0 saturated heterocycles. The predicted molar refractivity (Wildman–Crippen MR) is 58.9 cm³/mol. The van der Waals surface area contributed by atoms with Crippen molar-refractivity contribution >= 4 is 0 Å². The second-order valence-corrected chi connectivity index (χ2v) is 5.56. The second-order valence-electron chi connectivity index (χ2n) is 5.56. The molecule has 1 nitrogen and oxygen atoms in total. The van der Waals surface area contributed by atoms with E-state index in [4.69, 9.17) is 0 Å². The fourth-order valence-electron chi connectivity index (χ4n) is 2.85. The van der Waals surface area contributed by atoms with Crippen molar-refractivity contribution in [3.8, 4) is 0 Å². The van der Waals surface area contributed by atoms with Gasteiger partial charge in [0, 0.05) is 6.04 Å². The highest BCUT2D eigenvalue weighted by Gasteiger charge is 2.31. The summed E-state index contributed by atoms with van der Waals surface area (Å²) in [6.45, 7) is 10.6. The molecule has 0 aliphatic heterocycles. The van der Waals surface area contributed by atoms with Gasteiger partial charge in [-0.2, -0.15) is 0 Å². The van der Waals surface area contributed by atoms with Crippen LogP contribution in [-0.2, 0) is 0 Å². The van der Waals surface area contributed by atoms with Crippen molar-refractivity contribution in [1.82, 2.24) is 5.32 Å². The summed E-state index contributed by atoms with van der Waals surface area (Å²) in [6, 6.07) is 0.777. The summed E-state index contributed by atoms with van der Waals surface area (Å²) in [5.41, 5.74) is 0.559. The smallest absolute Gasteiger partial charge is 0.00746 e. The minimum atomic E-state index is 0.559. The van der Waals surface area contributed by atoms with Gasteiger partial charge in [0.15, 0.2) is 0 Å². The van der Waals surface area contributed by atoms with Crippen LogP contribution in [0.25, 0.3) is 0 Å². The zero-order chi connectivity index (χ0) is 9.90. The molecule has 0 aromatic carbocycles. The summed E-state index contributed by atoms with van der Waals surface area (Å²) < 4.78 is 0. The molecule has 1 unspecified atom stereocenters. The highest BCUT2D eigenvalue weighted by Crippen LogP contribution is 2.38. The standard InChI is InChI=1S/C12H25N/c1-5-6-13-11-7-10(2)8-12(3,4)9-11/h10-11,13H,5-9H2,1-4H3/t10-,11?/m0/s1. The predicted octanol–water partition coefficient (Wildman–Crippen LogP) is 3.20. The highest BCUT2D eigenvalue weighted by molar-refractivity contribution is 4.86. The first kappa shape index (κ1) is 11.0. The lowest BCUT2D eigenvalue weighted by molar-refractivity contribution is 0.152. The maximum absolute atomic E-state index is 3.66. The van der Waals surface area contributed by atoms with E-state index in [0.29, 0.717) is 5.41 Å². The fraction of sp³-hybridized carbons (Fsp3) is 1.00. The lowest BCUT2D eigenvalue weighted by atomic mass is 9.70. The molecule has 0 heterocycles. The van der Waals surface area contributed by atoms with Crippen LogP contribution in [0.2, 0.25) is 0 Å². The Kier molecular flexibility index (Phi) is 3.78. The van der Waals surface area contributed by atoms with E-state index in [0.717, 1.165) is 12.0 Å². The largest absolute Gasteiger partial charge is 0.314 e. The molecule has 0 aromatic rings. The van der Waals surface area contributed by atoms with E-state index in [1.54, 1.807) is 0 Å². The molecule has 1 aliphatic rings. The van der Waals surface area contributed by atoms with Gasteiger partial charge >= 0.3 is 0 Å². The van der Waals surface area contributed by atoms with Crippen molar-refractivity contribution in [1.29, 1.82) is 0 Å². The van der Waals surface area contributed by atoms with Crippen LogP contribution in [0.5, 0.6) is 0 Å². The van der Waals surface area contributed by atoms with Gasteiger partial charge in [-0.15, -0.1) is 0 Å². The zero-order valence-electron chi connectivity index (χ0n) is 9.69. The highest BCUT2D eigenvalue weighted by atomic mass is 14.9. The molecule has 0 aromatic heterocycles. The van der Waals surface area contributed by atoms with Crippen LogP contribution >= 0.6 is 0 Å². The van der Waals surface area contributed by atoms with Crippen molar-refractivity contribution in [2.24, 2.45) is 11.3 Å². The van der Waals surface area contributed by atoms with E-state index in [1.807, 2.05) is 0 Å². The molecular weight excluding hydrogens is 158 g/mol. The number of nitrogens with one attached hydrogen (secondary N) is 1. The number of hydrogen-bond donors (Lipinski definition) is 1. The molecule has 2 atom stereocenters. The van der Waals surface area contributed by atoms with Gasteiger partial charge in [0.25, 0.3) is 0 Å². The first-order valence-corrected chi connectivity index (χ1v) is 5.77. The Labute approximate surface area is 83.3 Å². The third-order valence-corrected chi connectivity index (χ3v) is 3.07. The van der Waals surface area contributed by atoms with Crippen LogP contribution in [0, 0.1) is 11.3 Å². The van der Waals surface area contributed by atoms with Gasteiger partial charge in [-0.1, -0.05) is 27.7 Å². The van der Waals surface area contributed by atoms with E-state index in [2.05, 4.69) is 33.0 Å². The molecule has 0 radical (unpaired) electrons. The quantitative estimate of drug-likeness (QED) is 0.708. The van der Waals surface area contributed by atoms with Crippen LogP contribution in [0.15, 0.2) is 0 Å². The monoisotopic (exact) mass is 183 g/mol. The van der Waals surface area contributed by atoms with Gasteiger partial charge in [-0.3, -0.25) is 0 Å². The molecule has 1 fully saturated rings. The van der Waals surface area contributed by atoms with Crippen molar-refractivity contribution in [2.45, 2.75) is 59.4 Å². The maximum atomic E-state index is 3.66. The van der Waals surface area contributed by atoms with E-state index < -0.39 is 0 Å². The summed E-state index contributed by atoms with van der Waals surface area (Å²) in [6.07, 6.45) is 5.39. The molecular formula is C12H25N.